The molecule has 0 saturated heterocycles. The maximum Gasteiger partial charge on any atom is 0.157 e. The maximum atomic E-state index is 5.54. The Hall–Kier alpha value is -0.220. The number of amidine groups is 1. The zero-order chi connectivity index (χ0) is 10.5. The van der Waals surface area contributed by atoms with Crippen LogP contribution in [0.3, 0.4) is 0 Å². The van der Waals surface area contributed by atoms with Gasteiger partial charge in [-0.05, 0) is 25.2 Å². The summed E-state index contributed by atoms with van der Waals surface area (Å²) in [4.78, 5) is 4.45. The van der Waals surface area contributed by atoms with E-state index >= 15 is 0 Å². The number of hydrogen-bond donors (Lipinski definition) is 1. The van der Waals surface area contributed by atoms with Crippen molar-refractivity contribution >= 4 is 16.9 Å². The normalized spacial score (nSPS) is 25.4. The molecule has 86 valence electrons. The fraction of sp³-hybridized carbons (Fsp3) is 0.909. The summed E-state index contributed by atoms with van der Waals surface area (Å²) in [5.41, 5.74) is 0. The van der Waals surface area contributed by atoms with Crippen molar-refractivity contribution in [2.24, 2.45) is 10.9 Å². The molecular weight excluding hydrogens is 208 g/mol. The quantitative estimate of drug-likeness (QED) is 0.705. The largest absolute Gasteiger partial charge is 0.379 e. The summed E-state index contributed by atoms with van der Waals surface area (Å²) in [6.07, 6.45) is 3.94. The molecule has 1 unspecified atom stereocenters. The molecule has 1 N–H and O–H groups in total. The van der Waals surface area contributed by atoms with E-state index in [1.807, 2.05) is 11.8 Å². The Labute approximate surface area is 96.1 Å². The van der Waals surface area contributed by atoms with E-state index in [4.69, 9.17) is 4.74 Å². The number of rotatable bonds is 6. The fourth-order valence-electron chi connectivity index (χ4n) is 1.49. The van der Waals surface area contributed by atoms with E-state index in [0.717, 1.165) is 37.4 Å². The molecule has 0 radical (unpaired) electrons. The first-order chi connectivity index (χ1) is 7.38. The molecule has 1 atom stereocenters. The van der Waals surface area contributed by atoms with Crippen molar-refractivity contribution in [1.29, 1.82) is 0 Å². The molecule has 0 bridgehead atoms. The number of hydrogen-bond acceptors (Lipinski definition) is 4. The minimum Gasteiger partial charge on any atom is -0.379 e. The van der Waals surface area contributed by atoms with Gasteiger partial charge in [-0.25, -0.2) is 0 Å². The average Bonchev–Trinajstić information content (AvgIpc) is 2.96. The molecule has 1 heterocycles. The summed E-state index contributed by atoms with van der Waals surface area (Å²) in [5, 5.41) is 5.13. The molecule has 0 aromatic rings. The Bertz CT molecular complexity index is 229. The van der Waals surface area contributed by atoms with E-state index in [0.29, 0.717) is 5.25 Å². The zero-order valence-corrected chi connectivity index (χ0v) is 10.2. The Morgan fingerprint density at radius 1 is 1.53 bits per heavy atom. The summed E-state index contributed by atoms with van der Waals surface area (Å²) in [7, 11) is 0. The lowest BCUT2D eigenvalue weighted by Gasteiger charge is -2.07. The van der Waals surface area contributed by atoms with E-state index in [9.17, 15) is 0 Å². The van der Waals surface area contributed by atoms with Gasteiger partial charge < -0.3 is 10.1 Å². The molecule has 4 heteroatoms. The van der Waals surface area contributed by atoms with Crippen molar-refractivity contribution in [1.82, 2.24) is 5.32 Å². The van der Waals surface area contributed by atoms with Gasteiger partial charge in [-0.2, -0.15) is 0 Å². The van der Waals surface area contributed by atoms with Crippen LogP contribution in [0.15, 0.2) is 4.99 Å². The van der Waals surface area contributed by atoms with Gasteiger partial charge in [0.2, 0.25) is 0 Å². The van der Waals surface area contributed by atoms with Crippen LogP contribution in [0, 0.1) is 5.92 Å². The lowest BCUT2D eigenvalue weighted by molar-refractivity contribution is 0.129. The highest BCUT2D eigenvalue weighted by Crippen LogP contribution is 2.28. The Balaban J connectivity index is 1.47. The summed E-state index contributed by atoms with van der Waals surface area (Å²) in [5.74, 6) is 0.868. The maximum absolute atomic E-state index is 5.54. The minimum absolute atomic E-state index is 0.694. The van der Waals surface area contributed by atoms with Gasteiger partial charge >= 0.3 is 0 Å². The molecule has 1 fully saturated rings. The van der Waals surface area contributed by atoms with Crippen molar-refractivity contribution in [2.45, 2.75) is 31.4 Å². The van der Waals surface area contributed by atoms with Gasteiger partial charge in [0.1, 0.15) is 0 Å². The van der Waals surface area contributed by atoms with Crippen molar-refractivity contribution in [3.05, 3.63) is 0 Å². The Kier molecular flexibility index (Phi) is 4.32. The highest BCUT2D eigenvalue weighted by molar-refractivity contribution is 8.14. The summed E-state index contributed by atoms with van der Waals surface area (Å²) in [6.45, 7) is 5.86. The topological polar surface area (TPSA) is 33.6 Å². The second-order valence-electron chi connectivity index (χ2n) is 4.24. The lowest BCUT2D eigenvalue weighted by atomic mass is 10.3. The van der Waals surface area contributed by atoms with E-state index in [1.165, 1.54) is 19.3 Å². The monoisotopic (exact) mass is 228 g/mol. The summed E-state index contributed by atoms with van der Waals surface area (Å²) in [6, 6.07) is 0. The van der Waals surface area contributed by atoms with Crippen LogP contribution in [0.25, 0.3) is 0 Å². The molecule has 1 aliphatic heterocycles. The van der Waals surface area contributed by atoms with Gasteiger partial charge in [-0.1, -0.05) is 18.7 Å². The van der Waals surface area contributed by atoms with E-state index < -0.39 is 0 Å². The van der Waals surface area contributed by atoms with Gasteiger partial charge in [0.15, 0.2) is 5.17 Å². The Morgan fingerprint density at radius 2 is 2.40 bits per heavy atom. The van der Waals surface area contributed by atoms with E-state index in [1.54, 1.807) is 0 Å². The highest BCUT2D eigenvalue weighted by Gasteiger charge is 2.21. The molecular formula is C11H20N2OS. The molecule has 1 aliphatic carbocycles. The van der Waals surface area contributed by atoms with Gasteiger partial charge in [0.05, 0.1) is 13.2 Å². The molecule has 0 aromatic carbocycles. The van der Waals surface area contributed by atoms with Crippen LogP contribution in [0.1, 0.15) is 26.2 Å². The zero-order valence-electron chi connectivity index (χ0n) is 9.37. The predicted molar refractivity (Wildman–Crippen MR) is 65.5 cm³/mol. The number of nitrogens with one attached hydrogen (secondary N) is 1. The third kappa shape index (κ3) is 4.03. The van der Waals surface area contributed by atoms with E-state index in [2.05, 4.69) is 17.2 Å². The number of ether oxygens (including phenoxy) is 1. The van der Waals surface area contributed by atoms with Gasteiger partial charge in [-0.3, -0.25) is 4.99 Å². The molecule has 2 rings (SSSR count). The molecule has 0 aromatic heterocycles. The van der Waals surface area contributed by atoms with Crippen molar-refractivity contribution in [3.63, 3.8) is 0 Å². The Morgan fingerprint density at radius 3 is 3.07 bits per heavy atom. The molecule has 2 aliphatic rings. The van der Waals surface area contributed by atoms with E-state index in [-0.39, 0.29) is 0 Å². The lowest BCUT2D eigenvalue weighted by Crippen LogP contribution is -2.24. The van der Waals surface area contributed by atoms with Crippen LogP contribution < -0.4 is 5.32 Å². The fourth-order valence-corrected chi connectivity index (χ4v) is 2.46. The molecule has 15 heavy (non-hydrogen) atoms. The van der Waals surface area contributed by atoms with Crippen LogP contribution in [0.5, 0.6) is 0 Å². The van der Waals surface area contributed by atoms with Crippen LogP contribution in [-0.2, 0) is 4.74 Å². The smallest absolute Gasteiger partial charge is 0.157 e. The molecule has 3 nitrogen and oxygen atoms in total. The first-order valence-electron chi connectivity index (χ1n) is 5.91. The van der Waals surface area contributed by atoms with Crippen LogP contribution in [0.2, 0.25) is 0 Å². The standard InChI is InChI=1S/C11H20N2OS/c1-2-10-7-13-11(15-10)12-5-6-14-8-9-3-4-9/h9-10H,2-8H2,1H3,(H,12,13). The van der Waals surface area contributed by atoms with Crippen LogP contribution in [-0.4, -0.2) is 36.7 Å². The number of thioether (sulfide) groups is 1. The average molecular weight is 228 g/mol. The van der Waals surface area contributed by atoms with Crippen LogP contribution >= 0.6 is 11.8 Å². The number of aliphatic imine (C=N–C) groups is 1. The molecule has 0 amide bonds. The highest BCUT2D eigenvalue weighted by atomic mass is 32.2. The van der Waals surface area contributed by atoms with Crippen LogP contribution in [0.4, 0.5) is 0 Å². The third-order valence-electron chi connectivity index (χ3n) is 2.75. The molecule has 0 spiro atoms. The SMILES string of the molecule is CCC1CN=C(NCCOCC2CC2)S1. The molecule has 1 saturated carbocycles. The number of nitrogens with zero attached hydrogens (tertiary/aromatic N) is 1. The van der Waals surface area contributed by atoms with Crippen molar-refractivity contribution in [3.8, 4) is 0 Å². The second-order valence-corrected chi connectivity index (χ2v) is 5.53. The van der Waals surface area contributed by atoms with Crippen molar-refractivity contribution in [2.75, 3.05) is 26.3 Å². The van der Waals surface area contributed by atoms with Gasteiger partial charge in [0, 0.05) is 18.4 Å². The minimum atomic E-state index is 0.694. The van der Waals surface area contributed by atoms with Crippen molar-refractivity contribution < 1.29 is 4.74 Å². The van der Waals surface area contributed by atoms with Gasteiger partial charge in [0.25, 0.3) is 0 Å². The van der Waals surface area contributed by atoms with Gasteiger partial charge in [-0.15, -0.1) is 0 Å². The first-order valence-corrected chi connectivity index (χ1v) is 6.79. The third-order valence-corrected chi connectivity index (χ3v) is 4.06. The summed E-state index contributed by atoms with van der Waals surface area (Å²) >= 11 is 1.87. The first kappa shape index (κ1) is 11.3. The summed E-state index contributed by atoms with van der Waals surface area (Å²) < 4.78 is 5.54. The predicted octanol–water partition coefficient (Wildman–Crippen LogP) is 1.88. The second kappa shape index (κ2) is 5.75.